The standard InChI is InChI=1S/C28H31N3O4/c1-2-20-14-16-21(17-15-20)26(28(34)30-22-9-6-7-10-22)31(23-11-4-3-5-12-23)25(32)19-29-27(33)24-13-8-18-35-24/h3-5,8,11-18,22,26H,2,6-7,9-10,19H2,1H3,(H,29,33)(H,30,34)/t26-/m0/s1. The molecule has 1 aromatic heterocycles. The van der Waals surface area contributed by atoms with Gasteiger partial charge in [-0.15, -0.1) is 0 Å². The van der Waals surface area contributed by atoms with Crippen molar-refractivity contribution in [3.8, 4) is 0 Å². The Morgan fingerprint density at radius 1 is 0.971 bits per heavy atom. The number of nitrogens with zero attached hydrogens (tertiary/aromatic N) is 1. The molecule has 1 atom stereocenters. The van der Waals surface area contributed by atoms with Crippen LogP contribution >= 0.6 is 0 Å². The second kappa shape index (κ2) is 11.5. The highest BCUT2D eigenvalue weighted by Crippen LogP contribution is 2.29. The molecule has 3 amide bonds. The third-order valence-electron chi connectivity index (χ3n) is 6.36. The van der Waals surface area contributed by atoms with Crippen molar-refractivity contribution in [3.05, 3.63) is 89.9 Å². The summed E-state index contributed by atoms with van der Waals surface area (Å²) in [5, 5.41) is 5.78. The molecule has 0 unspecified atom stereocenters. The Morgan fingerprint density at radius 3 is 2.31 bits per heavy atom. The summed E-state index contributed by atoms with van der Waals surface area (Å²) in [5.74, 6) is -0.997. The summed E-state index contributed by atoms with van der Waals surface area (Å²) in [7, 11) is 0. The number of benzene rings is 2. The number of carbonyl (C=O) groups excluding carboxylic acids is 3. The minimum atomic E-state index is -0.878. The summed E-state index contributed by atoms with van der Waals surface area (Å²) in [4.78, 5) is 41.2. The lowest BCUT2D eigenvalue weighted by Crippen LogP contribution is -2.49. The van der Waals surface area contributed by atoms with E-state index < -0.39 is 17.9 Å². The van der Waals surface area contributed by atoms with Crippen LogP contribution in [0.5, 0.6) is 0 Å². The number of para-hydroxylation sites is 1. The highest BCUT2D eigenvalue weighted by molar-refractivity contribution is 6.04. The van der Waals surface area contributed by atoms with Crippen molar-refractivity contribution in [2.75, 3.05) is 11.4 Å². The molecule has 0 spiro atoms. The number of amides is 3. The Balaban J connectivity index is 1.66. The van der Waals surface area contributed by atoms with Crippen LogP contribution in [0.3, 0.4) is 0 Å². The summed E-state index contributed by atoms with van der Waals surface area (Å²) >= 11 is 0. The fourth-order valence-electron chi connectivity index (χ4n) is 4.47. The van der Waals surface area contributed by atoms with Gasteiger partial charge < -0.3 is 15.1 Å². The predicted octanol–water partition coefficient (Wildman–Crippen LogP) is 4.41. The van der Waals surface area contributed by atoms with Gasteiger partial charge in [-0.1, -0.05) is 62.2 Å². The second-order valence-electron chi connectivity index (χ2n) is 8.75. The minimum absolute atomic E-state index is 0.103. The Hall–Kier alpha value is -3.87. The Labute approximate surface area is 205 Å². The van der Waals surface area contributed by atoms with Gasteiger partial charge >= 0.3 is 0 Å². The molecule has 0 aliphatic heterocycles. The molecule has 7 heteroatoms. The van der Waals surface area contributed by atoms with Gasteiger partial charge in [0.15, 0.2) is 5.76 Å². The van der Waals surface area contributed by atoms with E-state index in [0.717, 1.165) is 37.7 Å². The molecule has 1 saturated carbocycles. The van der Waals surface area contributed by atoms with E-state index >= 15 is 0 Å². The number of rotatable bonds is 9. The number of aryl methyl sites for hydroxylation is 1. The summed E-state index contributed by atoms with van der Waals surface area (Å²) in [6.45, 7) is 1.79. The zero-order valence-electron chi connectivity index (χ0n) is 19.9. The first-order chi connectivity index (χ1) is 17.1. The van der Waals surface area contributed by atoms with Crippen LogP contribution in [0.1, 0.15) is 60.3 Å². The van der Waals surface area contributed by atoms with Gasteiger partial charge in [0.05, 0.1) is 12.8 Å². The second-order valence-corrected chi connectivity index (χ2v) is 8.75. The molecule has 3 aromatic rings. The number of nitrogens with one attached hydrogen (secondary N) is 2. The minimum Gasteiger partial charge on any atom is -0.459 e. The molecule has 1 aliphatic rings. The first kappa shape index (κ1) is 24.3. The average molecular weight is 474 g/mol. The number of hydrogen-bond acceptors (Lipinski definition) is 4. The first-order valence-electron chi connectivity index (χ1n) is 12.1. The van der Waals surface area contributed by atoms with E-state index in [2.05, 4.69) is 17.6 Å². The SMILES string of the molecule is CCc1ccc([C@@H](C(=O)NC2CCCC2)N(C(=O)CNC(=O)c2ccco2)c2ccccc2)cc1. The zero-order chi connectivity index (χ0) is 24.6. The van der Waals surface area contributed by atoms with Gasteiger partial charge in [0.1, 0.15) is 6.04 Å². The first-order valence-corrected chi connectivity index (χ1v) is 12.1. The van der Waals surface area contributed by atoms with Gasteiger partial charge in [-0.25, -0.2) is 0 Å². The van der Waals surface area contributed by atoms with Gasteiger partial charge in [0.25, 0.3) is 5.91 Å². The Kier molecular flexibility index (Phi) is 7.98. The van der Waals surface area contributed by atoms with Crippen molar-refractivity contribution >= 4 is 23.4 Å². The molecule has 1 aliphatic carbocycles. The number of anilines is 1. The normalized spacial score (nSPS) is 14.3. The molecule has 7 nitrogen and oxygen atoms in total. The van der Waals surface area contributed by atoms with E-state index in [4.69, 9.17) is 4.42 Å². The summed E-state index contributed by atoms with van der Waals surface area (Å²) < 4.78 is 5.12. The monoisotopic (exact) mass is 473 g/mol. The van der Waals surface area contributed by atoms with Gasteiger partial charge in [-0.3, -0.25) is 19.3 Å². The fourth-order valence-corrected chi connectivity index (χ4v) is 4.47. The molecule has 35 heavy (non-hydrogen) atoms. The van der Waals surface area contributed by atoms with Crippen molar-refractivity contribution in [2.45, 2.75) is 51.1 Å². The smallest absolute Gasteiger partial charge is 0.287 e. The molecule has 1 heterocycles. The lowest BCUT2D eigenvalue weighted by molar-refractivity contribution is -0.126. The van der Waals surface area contributed by atoms with E-state index in [-0.39, 0.29) is 24.3 Å². The third-order valence-corrected chi connectivity index (χ3v) is 6.36. The maximum Gasteiger partial charge on any atom is 0.287 e. The van der Waals surface area contributed by atoms with E-state index in [1.165, 1.54) is 17.2 Å². The van der Waals surface area contributed by atoms with Crippen LogP contribution in [0, 0.1) is 0 Å². The molecular formula is C28H31N3O4. The molecule has 4 rings (SSSR count). The topological polar surface area (TPSA) is 91.7 Å². The highest BCUT2D eigenvalue weighted by atomic mass is 16.3. The fraction of sp³-hybridized carbons (Fsp3) is 0.321. The Morgan fingerprint density at radius 2 is 1.69 bits per heavy atom. The molecular weight excluding hydrogens is 442 g/mol. The van der Waals surface area contributed by atoms with Gasteiger partial charge in [0, 0.05) is 11.7 Å². The number of furan rings is 1. The van der Waals surface area contributed by atoms with E-state index in [9.17, 15) is 14.4 Å². The molecule has 2 N–H and O–H groups in total. The van der Waals surface area contributed by atoms with E-state index in [0.29, 0.717) is 11.3 Å². The molecule has 182 valence electrons. The molecule has 0 bridgehead atoms. The lowest BCUT2D eigenvalue weighted by atomic mass is 10.00. The highest BCUT2D eigenvalue weighted by Gasteiger charge is 2.34. The van der Waals surface area contributed by atoms with Crippen molar-refractivity contribution in [1.29, 1.82) is 0 Å². The maximum atomic E-state index is 13.7. The van der Waals surface area contributed by atoms with Crippen LogP contribution in [-0.2, 0) is 16.0 Å². The van der Waals surface area contributed by atoms with Crippen LogP contribution in [0.4, 0.5) is 5.69 Å². The zero-order valence-corrected chi connectivity index (χ0v) is 19.9. The maximum absolute atomic E-state index is 13.7. The van der Waals surface area contributed by atoms with Gasteiger partial charge in [-0.05, 0) is 54.7 Å². The summed E-state index contributed by atoms with van der Waals surface area (Å²) in [5.41, 5.74) is 2.44. The summed E-state index contributed by atoms with van der Waals surface area (Å²) in [6, 6.07) is 19.2. The van der Waals surface area contributed by atoms with Crippen molar-refractivity contribution in [3.63, 3.8) is 0 Å². The van der Waals surface area contributed by atoms with Crippen LogP contribution in [-0.4, -0.2) is 30.3 Å². The number of carbonyl (C=O) groups is 3. The van der Waals surface area contributed by atoms with Crippen molar-refractivity contribution in [1.82, 2.24) is 10.6 Å². The molecule has 0 radical (unpaired) electrons. The lowest BCUT2D eigenvalue weighted by Gasteiger charge is -2.32. The Bertz CT molecular complexity index is 1120. The van der Waals surface area contributed by atoms with Crippen molar-refractivity contribution in [2.24, 2.45) is 0 Å². The number of hydrogen-bond donors (Lipinski definition) is 2. The summed E-state index contributed by atoms with van der Waals surface area (Å²) in [6.07, 6.45) is 6.31. The molecule has 0 saturated heterocycles. The van der Waals surface area contributed by atoms with Gasteiger partial charge in [-0.2, -0.15) is 0 Å². The van der Waals surface area contributed by atoms with Crippen molar-refractivity contribution < 1.29 is 18.8 Å². The average Bonchev–Trinajstić information content (AvgIpc) is 3.61. The predicted molar refractivity (Wildman–Crippen MR) is 134 cm³/mol. The van der Waals surface area contributed by atoms with Gasteiger partial charge in [0.2, 0.25) is 11.8 Å². The third kappa shape index (κ3) is 5.98. The molecule has 2 aromatic carbocycles. The van der Waals surface area contributed by atoms with Crippen LogP contribution in [0.25, 0.3) is 0 Å². The largest absolute Gasteiger partial charge is 0.459 e. The molecule has 1 fully saturated rings. The van der Waals surface area contributed by atoms with Crippen LogP contribution in [0.15, 0.2) is 77.4 Å². The van der Waals surface area contributed by atoms with E-state index in [1.54, 1.807) is 18.2 Å². The van der Waals surface area contributed by atoms with Crippen LogP contribution < -0.4 is 15.5 Å². The van der Waals surface area contributed by atoms with Crippen LogP contribution in [0.2, 0.25) is 0 Å². The van der Waals surface area contributed by atoms with E-state index in [1.807, 2.05) is 42.5 Å². The quantitative estimate of drug-likeness (QED) is 0.482.